The maximum absolute atomic E-state index is 13.7. The van der Waals surface area contributed by atoms with Crippen LogP contribution in [0.4, 0.5) is 16.2 Å². The first kappa shape index (κ1) is 42.2. The molecule has 0 saturated carbocycles. The van der Waals surface area contributed by atoms with Gasteiger partial charge in [0.25, 0.3) is 10.1 Å². The van der Waals surface area contributed by atoms with Gasteiger partial charge in [0.1, 0.15) is 12.1 Å². The van der Waals surface area contributed by atoms with Crippen molar-refractivity contribution < 1.29 is 27.1 Å². The summed E-state index contributed by atoms with van der Waals surface area (Å²) in [6.45, 7) is 22.8. The van der Waals surface area contributed by atoms with E-state index < -0.39 is 21.8 Å². The maximum Gasteiger partial charge on any atom is 0.414 e. The summed E-state index contributed by atoms with van der Waals surface area (Å²) in [7, 11) is -2.21. The normalized spacial score (nSPS) is 19.3. The number of hydrogen-bond donors (Lipinski definition) is 1. The lowest BCUT2D eigenvalue weighted by Gasteiger charge is -2.28. The average molecular weight is 771 g/mol. The zero-order valence-corrected chi connectivity index (χ0v) is 36.0. The van der Waals surface area contributed by atoms with Crippen LogP contribution in [0, 0.1) is 13.8 Å². The van der Waals surface area contributed by atoms with E-state index in [1.54, 1.807) is 4.90 Å². The Balaban J connectivity index is 1.59. The molecule has 0 fully saturated rings. The summed E-state index contributed by atoms with van der Waals surface area (Å²) < 4.78 is 40.7. The first-order valence-corrected chi connectivity index (χ1v) is 21.7. The van der Waals surface area contributed by atoms with Gasteiger partial charge in [0.2, 0.25) is 5.69 Å². The Morgan fingerprint density at radius 2 is 1.60 bits per heavy atom. The van der Waals surface area contributed by atoms with Crippen LogP contribution in [0.2, 0.25) is 0 Å². The molecule has 5 rings (SSSR count). The molecule has 9 heteroatoms. The number of rotatable bonds is 13. The van der Waals surface area contributed by atoms with Gasteiger partial charge in [-0.2, -0.15) is 13.0 Å². The number of carbonyl (C=O) groups is 1. The molecule has 0 radical (unpaired) electrons. The molecule has 2 aromatic carbocycles. The van der Waals surface area contributed by atoms with Gasteiger partial charge in [0.15, 0.2) is 5.71 Å². The lowest BCUT2D eigenvalue weighted by molar-refractivity contribution is -0.438. The summed E-state index contributed by atoms with van der Waals surface area (Å²) in [6.07, 6.45) is 14.5. The van der Waals surface area contributed by atoms with Gasteiger partial charge in [-0.15, -0.1) is 0 Å². The lowest BCUT2D eigenvalue weighted by atomic mass is 9.80. The molecule has 2 heterocycles. The highest BCUT2D eigenvalue weighted by Gasteiger charge is 2.44. The van der Waals surface area contributed by atoms with Crippen LogP contribution >= 0.6 is 0 Å². The van der Waals surface area contributed by atoms with E-state index in [1.165, 1.54) is 40.1 Å². The van der Waals surface area contributed by atoms with Gasteiger partial charge in [0.05, 0.1) is 16.9 Å². The monoisotopic (exact) mass is 770 g/mol. The Morgan fingerprint density at radius 3 is 2.25 bits per heavy atom. The highest BCUT2D eigenvalue weighted by Crippen LogP contribution is 2.49. The average Bonchev–Trinajstić information content (AvgIpc) is 3.64. The van der Waals surface area contributed by atoms with Crippen LogP contribution < -0.4 is 4.90 Å². The number of likely N-dealkylation sites (N-methyl/N-ethyl adjacent to an activating group) is 1. The van der Waals surface area contributed by atoms with Crippen molar-refractivity contribution in [3.63, 3.8) is 0 Å². The van der Waals surface area contributed by atoms with Crippen molar-refractivity contribution in [1.29, 1.82) is 0 Å². The van der Waals surface area contributed by atoms with Crippen LogP contribution in [0.5, 0.6) is 0 Å². The summed E-state index contributed by atoms with van der Waals surface area (Å²) in [4.78, 5) is 17.7. The summed E-state index contributed by atoms with van der Waals surface area (Å²) in [6, 6.07) is 13.3. The van der Waals surface area contributed by atoms with Crippen LogP contribution in [0.3, 0.4) is 0 Å². The highest BCUT2D eigenvalue weighted by atomic mass is 32.2. The third kappa shape index (κ3) is 9.37. The zero-order valence-electron chi connectivity index (χ0n) is 35.2. The van der Waals surface area contributed by atoms with Crippen LogP contribution in [-0.2, 0) is 25.7 Å². The highest BCUT2D eigenvalue weighted by molar-refractivity contribution is 7.85. The van der Waals surface area contributed by atoms with Crippen molar-refractivity contribution in [2.75, 3.05) is 30.8 Å². The predicted molar refractivity (Wildman–Crippen MR) is 226 cm³/mol. The molecule has 3 aliphatic rings. The second-order valence-corrected chi connectivity index (χ2v) is 19.2. The molecular weight excluding hydrogens is 707 g/mol. The molecule has 0 atom stereocenters. The van der Waals surface area contributed by atoms with Crippen molar-refractivity contribution in [3.8, 4) is 0 Å². The van der Waals surface area contributed by atoms with Crippen LogP contribution in [0.1, 0.15) is 123 Å². The number of allylic oxidation sites excluding steroid dienone is 7. The standard InChI is InChI=1S/C46H63N3O5S/c1-12-13-14-27-48-38-23-17-32(2)30-36(38)45(7,8)40(48)25-21-34-19-20-35(42(34)47(11)43(50)54-44(4,5)6)22-26-41-46(9,10)37-31-33(3)18-24-39(37)49(41)28-15-16-29-55(51,52)53/h17-18,21-26,30-31H,12-16,19-20,27-29H2,1-11H3/p+1. The van der Waals surface area contributed by atoms with Gasteiger partial charge in [-0.05, 0) is 115 Å². The van der Waals surface area contributed by atoms with E-state index in [0.717, 1.165) is 60.5 Å². The zero-order chi connectivity index (χ0) is 40.5. The van der Waals surface area contributed by atoms with E-state index in [2.05, 4.69) is 119 Å². The fourth-order valence-corrected chi connectivity index (χ4v) is 8.95. The minimum absolute atomic E-state index is 0.185. The smallest absolute Gasteiger partial charge is 0.414 e. The van der Waals surface area contributed by atoms with Crippen molar-refractivity contribution >= 4 is 33.3 Å². The fraction of sp³-hybridized carbons (Fsp3) is 0.522. The van der Waals surface area contributed by atoms with E-state index in [1.807, 2.05) is 27.8 Å². The van der Waals surface area contributed by atoms with Crippen molar-refractivity contribution in [2.24, 2.45) is 0 Å². The van der Waals surface area contributed by atoms with Crippen LogP contribution in [-0.4, -0.2) is 65.7 Å². The summed E-state index contributed by atoms with van der Waals surface area (Å²) >= 11 is 0. The molecule has 298 valence electrons. The molecular formula is C46H64N3O5S+. The van der Waals surface area contributed by atoms with Gasteiger partial charge in [-0.25, -0.2) is 4.79 Å². The van der Waals surface area contributed by atoms with E-state index in [0.29, 0.717) is 19.4 Å². The van der Waals surface area contributed by atoms with Crippen LogP contribution in [0.15, 0.2) is 83.2 Å². The van der Waals surface area contributed by atoms with Gasteiger partial charge >= 0.3 is 6.09 Å². The molecule has 1 aliphatic carbocycles. The number of ether oxygens (including phenoxy) is 1. The molecule has 1 amide bonds. The van der Waals surface area contributed by atoms with E-state index in [4.69, 9.17) is 4.74 Å². The number of benzene rings is 2. The second kappa shape index (κ2) is 16.3. The van der Waals surface area contributed by atoms with Crippen molar-refractivity contribution in [1.82, 2.24) is 4.90 Å². The SMILES string of the molecule is CCCCC[N+]1=C(C=CC2=C(N(C)C(=O)OC(C)(C)C)C(=CC=C3N(CCCCS(=O)(=O)O)c4ccc(C)cc4C3(C)C)CC2)C(C)(C)c2cc(C)ccc21. The van der Waals surface area contributed by atoms with Crippen molar-refractivity contribution in [2.45, 2.75) is 131 Å². The number of carbonyl (C=O) groups excluding carboxylic acids is 1. The number of unbranched alkanes of at least 4 members (excludes halogenated alkanes) is 3. The molecule has 0 bridgehead atoms. The van der Waals surface area contributed by atoms with Gasteiger partial charge in [0, 0.05) is 54.5 Å². The first-order chi connectivity index (χ1) is 25.7. The molecule has 2 aliphatic heterocycles. The largest absolute Gasteiger partial charge is 0.443 e. The third-order valence-electron chi connectivity index (χ3n) is 11.3. The Kier molecular flexibility index (Phi) is 12.5. The Bertz CT molecular complexity index is 2070. The molecule has 1 N–H and O–H groups in total. The molecule has 55 heavy (non-hydrogen) atoms. The van der Waals surface area contributed by atoms with Gasteiger partial charge in [-0.3, -0.25) is 9.45 Å². The number of hydrogen-bond acceptors (Lipinski definition) is 5. The summed E-state index contributed by atoms with van der Waals surface area (Å²) in [5.41, 5.74) is 11.6. The minimum atomic E-state index is -4.02. The second-order valence-electron chi connectivity index (χ2n) is 17.7. The Morgan fingerprint density at radius 1 is 0.927 bits per heavy atom. The molecule has 0 saturated heterocycles. The maximum atomic E-state index is 13.7. The number of fused-ring (bicyclic) bond motifs is 2. The summed E-state index contributed by atoms with van der Waals surface area (Å²) in [5.74, 6) is -0.256. The predicted octanol–water partition coefficient (Wildman–Crippen LogP) is 10.6. The Labute approximate surface area is 331 Å². The fourth-order valence-electron chi connectivity index (χ4n) is 8.38. The molecule has 0 aromatic heterocycles. The molecule has 0 spiro atoms. The topological polar surface area (TPSA) is 90.2 Å². The molecule has 8 nitrogen and oxygen atoms in total. The van der Waals surface area contributed by atoms with E-state index >= 15 is 0 Å². The van der Waals surface area contributed by atoms with E-state index in [-0.39, 0.29) is 16.6 Å². The Hall–Kier alpha value is -3.95. The third-order valence-corrected chi connectivity index (χ3v) is 12.1. The van der Waals surface area contributed by atoms with Gasteiger partial charge in [-0.1, -0.05) is 68.7 Å². The number of aryl methyl sites for hydroxylation is 2. The van der Waals surface area contributed by atoms with Gasteiger partial charge < -0.3 is 9.64 Å². The quantitative estimate of drug-likeness (QED) is 0.124. The van der Waals surface area contributed by atoms with Crippen molar-refractivity contribution in [3.05, 3.63) is 105 Å². The van der Waals surface area contributed by atoms with E-state index in [9.17, 15) is 17.8 Å². The first-order valence-electron chi connectivity index (χ1n) is 20.0. The lowest BCUT2D eigenvalue weighted by Crippen LogP contribution is -2.34. The minimum Gasteiger partial charge on any atom is -0.443 e. The molecule has 0 unspecified atom stereocenters. The number of nitrogens with zero attached hydrogens (tertiary/aromatic N) is 3. The molecule has 2 aromatic rings. The van der Waals surface area contributed by atoms with Crippen LogP contribution in [0.25, 0.3) is 0 Å². The number of anilines is 1. The summed E-state index contributed by atoms with van der Waals surface area (Å²) in [5, 5.41) is 0. The number of amides is 1.